The van der Waals surface area contributed by atoms with Gasteiger partial charge in [-0.1, -0.05) is 66.7 Å². The summed E-state index contributed by atoms with van der Waals surface area (Å²) in [6.07, 6.45) is 0. The Kier molecular flexibility index (Phi) is 5.25. The fourth-order valence-corrected chi connectivity index (χ4v) is 4.29. The van der Waals surface area contributed by atoms with E-state index in [1.165, 1.54) is 17.7 Å². The minimum atomic E-state index is -0.765. The standard InChI is InChI=1S/C20H18NO2P/c1-23-20(22)16-9-8-10-17(15-16)21-24(18-11-4-2-5-12-18)19-13-6-3-7-14-19/h2-15,21H,1H3. The molecule has 24 heavy (non-hydrogen) atoms. The minimum Gasteiger partial charge on any atom is -0.465 e. The van der Waals surface area contributed by atoms with Gasteiger partial charge in [0.2, 0.25) is 0 Å². The van der Waals surface area contributed by atoms with Gasteiger partial charge < -0.3 is 9.82 Å². The lowest BCUT2D eigenvalue weighted by Crippen LogP contribution is -2.17. The molecule has 0 radical (unpaired) electrons. The predicted molar refractivity (Wildman–Crippen MR) is 100 cm³/mol. The van der Waals surface area contributed by atoms with Gasteiger partial charge in [0.1, 0.15) is 0 Å². The van der Waals surface area contributed by atoms with E-state index in [0.29, 0.717) is 5.56 Å². The molecule has 0 unspecified atom stereocenters. The second-order valence-corrected chi connectivity index (χ2v) is 7.12. The second-order valence-electron chi connectivity index (χ2n) is 5.19. The van der Waals surface area contributed by atoms with Gasteiger partial charge in [0.15, 0.2) is 0 Å². The lowest BCUT2D eigenvalue weighted by molar-refractivity contribution is 0.0601. The van der Waals surface area contributed by atoms with Crippen LogP contribution in [-0.2, 0) is 4.74 Å². The Hall–Kier alpha value is -2.64. The molecule has 3 nitrogen and oxygen atoms in total. The van der Waals surface area contributed by atoms with Gasteiger partial charge in [-0.3, -0.25) is 0 Å². The number of hydrogen-bond acceptors (Lipinski definition) is 3. The van der Waals surface area contributed by atoms with Crippen LogP contribution in [0.1, 0.15) is 10.4 Å². The highest BCUT2D eigenvalue weighted by atomic mass is 31.1. The molecule has 120 valence electrons. The van der Waals surface area contributed by atoms with Crippen LogP contribution in [-0.4, -0.2) is 13.1 Å². The maximum Gasteiger partial charge on any atom is 0.337 e. The molecule has 1 N–H and O–H groups in total. The maximum absolute atomic E-state index is 11.7. The molecular weight excluding hydrogens is 317 g/mol. The maximum atomic E-state index is 11.7. The molecule has 0 saturated heterocycles. The third-order valence-corrected chi connectivity index (χ3v) is 5.66. The van der Waals surface area contributed by atoms with Crippen molar-refractivity contribution >= 4 is 30.3 Å². The number of benzene rings is 3. The van der Waals surface area contributed by atoms with Crippen molar-refractivity contribution in [3.8, 4) is 0 Å². The normalized spacial score (nSPS) is 10.4. The van der Waals surface area contributed by atoms with Gasteiger partial charge in [-0.25, -0.2) is 4.79 Å². The average molecular weight is 335 g/mol. The number of anilines is 1. The van der Waals surface area contributed by atoms with Crippen LogP contribution in [0.25, 0.3) is 0 Å². The summed E-state index contributed by atoms with van der Waals surface area (Å²) >= 11 is 0. The highest BCUT2D eigenvalue weighted by molar-refractivity contribution is 7.74. The number of nitrogens with one attached hydrogen (secondary N) is 1. The Balaban J connectivity index is 1.95. The number of hydrogen-bond donors (Lipinski definition) is 1. The Bertz CT molecular complexity index is 767. The molecule has 0 heterocycles. The number of rotatable bonds is 5. The fourth-order valence-electron chi connectivity index (χ4n) is 2.39. The van der Waals surface area contributed by atoms with Crippen LogP contribution in [0.5, 0.6) is 0 Å². The molecule has 0 aliphatic carbocycles. The van der Waals surface area contributed by atoms with Gasteiger partial charge in [-0.05, 0) is 18.2 Å². The summed E-state index contributed by atoms with van der Waals surface area (Å²) in [4.78, 5) is 11.7. The summed E-state index contributed by atoms with van der Waals surface area (Å²) in [6.45, 7) is 0. The first kappa shape index (κ1) is 16.2. The van der Waals surface area contributed by atoms with E-state index in [-0.39, 0.29) is 5.97 Å². The lowest BCUT2D eigenvalue weighted by Gasteiger charge is -2.21. The summed E-state index contributed by atoms with van der Waals surface area (Å²) in [7, 11) is 0.627. The second kappa shape index (κ2) is 7.76. The van der Waals surface area contributed by atoms with E-state index in [1.807, 2.05) is 54.6 Å². The molecule has 3 aromatic rings. The van der Waals surface area contributed by atoms with Crippen molar-refractivity contribution in [2.75, 3.05) is 12.2 Å². The number of esters is 1. The van der Waals surface area contributed by atoms with E-state index in [2.05, 4.69) is 29.4 Å². The summed E-state index contributed by atoms with van der Waals surface area (Å²) in [6, 6.07) is 28.1. The van der Waals surface area contributed by atoms with E-state index in [4.69, 9.17) is 4.74 Å². The summed E-state index contributed by atoms with van der Waals surface area (Å²) in [5, 5.41) is 6.04. The van der Waals surface area contributed by atoms with Gasteiger partial charge in [0.05, 0.1) is 20.7 Å². The predicted octanol–water partition coefficient (Wildman–Crippen LogP) is 3.93. The summed E-state index contributed by atoms with van der Waals surface area (Å²) in [5.74, 6) is -0.331. The molecule has 0 bridgehead atoms. The molecule has 4 heteroatoms. The smallest absolute Gasteiger partial charge is 0.337 e. The Morgan fingerprint density at radius 3 is 1.96 bits per heavy atom. The lowest BCUT2D eigenvalue weighted by atomic mass is 10.2. The van der Waals surface area contributed by atoms with Crippen LogP contribution in [0.2, 0.25) is 0 Å². The number of ether oxygens (including phenoxy) is 1. The zero-order valence-corrected chi connectivity index (χ0v) is 14.2. The minimum absolute atomic E-state index is 0.331. The fraction of sp³-hybridized carbons (Fsp3) is 0.0500. The largest absolute Gasteiger partial charge is 0.465 e. The molecule has 0 aliphatic heterocycles. The van der Waals surface area contributed by atoms with Crippen LogP contribution in [0.4, 0.5) is 5.69 Å². The molecule has 0 aliphatic rings. The van der Waals surface area contributed by atoms with Gasteiger partial charge in [-0.2, -0.15) is 0 Å². The molecule has 0 atom stereocenters. The van der Waals surface area contributed by atoms with E-state index in [9.17, 15) is 4.79 Å². The van der Waals surface area contributed by atoms with Crippen molar-refractivity contribution in [1.29, 1.82) is 0 Å². The first-order valence-electron chi connectivity index (χ1n) is 7.63. The third kappa shape index (κ3) is 3.81. The molecule has 3 aromatic carbocycles. The van der Waals surface area contributed by atoms with E-state index < -0.39 is 8.07 Å². The van der Waals surface area contributed by atoms with E-state index in [0.717, 1.165) is 5.69 Å². The SMILES string of the molecule is COC(=O)c1cccc(NP(c2ccccc2)c2ccccc2)c1. The van der Waals surface area contributed by atoms with Gasteiger partial charge in [0.25, 0.3) is 0 Å². The van der Waals surface area contributed by atoms with Crippen molar-refractivity contribution in [3.63, 3.8) is 0 Å². The number of carbonyl (C=O) groups is 1. The summed E-state index contributed by atoms with van der Waals surface area (Å²) in [5.41, 5.74) is 1.44. The topological polar surface area (TPSA) is 38.3 Å². The molecule has 3 rings (SSSR count). The number of methoxy groups -OCH3 is 1. The van der Waals surface area contributed by atoms with Gasteiger partial charge in [0, 0.05) is 16.3 Å². The first-order chi connectivity index (χ1) is 11.8. The molecule has 0 fully saturated rings. The third-order valence-electron chi connectivity index (χ3n) is 3.55. The van der Waals surface area contributed by atoms with E-state index >= 15 is 0 Å². The first-order valence-corrected chi connectivity index (χ1v) is 8.97. The van der Waals surface area contributed by atoms with Crippen LogP contribution >= 0.6 is 8.07 Å². The molecular formula is C20H18NO2P. The van der Waals surface area contributed by atoms with Crippen LogP contribution in [0.15, 0.2) is 84.9 Å². The Labute approximate surface area is 143 Å². The van der Waals surface area contributed by atoms with E-state index in [1.54, 1.807) is 6.07 Å². The van der Waals surface area contributed by atoms with Gasteiger partial charge in [-0.15, -0.1) is 0 Å². The average Bonchev–Trinajstić information content (AvgIpc) is 2.67. The summed E-state index contributed by atoms with van der Waals surface area (Å²) < 4.78 is 4.80. The van der Waals surface area contributed by atoms with Crippen molar-refractivity contribution in [2.45, 2.75) is 0 Å². The van der Waals surface area contributed by atoms with Crippen molar-refractivity contribution < 1.29 is 9.53 Å². The molecule has 0 amide bonds. The highest BCUT2D eigenvalue weighted by Gasteiger charge is 2.14. The molecule has 0 spiro atoms. The molecule has 0 aromatic heterocycles. The van der Waals surface area contributed by atoms with Crippen LogP contribution in [0.3, 0.4) is 0 Å². The molecule has 0 saturated carbocycles. The van der Waals surface area contributed by atoms with Gasteiger partial charge >= 0.3 is 5.97 Å². The monoisotopic (exact) mass is 335 g/mol. The highest BCUT2D eigenvalue weighted by Crippen LogP contribution is 2.34. The van der Waals surface area contributed by atoms with Crippen molar-refractivity contribution in [3.05, 3.63) is 90.5 Å². The Morgan fingerprint density at radius 1 is 0.833 bits per heavy atom. The van der Waals surface area contributed by atoms with Crippen molar-refractivity contribution in [1.82, 2.24) is 0 Å². The van der Waals surface area contributed by atoms with Crippen LogP contribution in [0, 0.1) is 0 Å². The van der Waals surface area contributed by atoms with Crippen molar-refractivity contribution in [2.24, 2.45) is 0 Å². The zero-order chi connectivity index (χ0) is 16.8. The number of carbonyl (C=O) groups excluding carboxylic acids is 1. The zero-order valence-electron chi connectivity index (χ0n) is 13.3. The Morgan fingerprint density at radius 2 is 1.42 bits per heavy atom. The van der Waals surface area contributed by atoms with Crippen LogP contribution < -0.4 is 15.7 Å². The quantitative estimate of drug-likeness (QED) is 0.567.